The number of nitrogens with zero attached hydrogens (tertiary/aromatic N) is 2. The van der Waals surface area contributed by atoms with Gasteiger partial charge in [0.1, 0.15) is 0 Å². The highest BCUT2D eigenvalue weighted by Gasteiger charge is 2.28. The average molecular weight is 229 g/mol. The summed E-state index contributed by atoms with van der Waals surface area (Å²) in [6.07, 6.45) is 3.96. The van der Waals surface area contributed by atoms with Crippen LogP contribution in [0.25, 0.3) is 5.57 Å². The van der Waals surface area contributed by atoms with E-state index in [2.05, 4.69) is 56.0 Å². The minimum atomic E-state index is 0.0561. The standard InChI is InChI=1S/C14H19N3/c1-10-8-14(2,3)17(4)13-6-5-11(9-16-15)7-12(10)13/h5-9H,15H2,1-4H3. The zero-order valence-electron chi connectivity index (χ0n) is 10.9. The third-order valence-corrected chi connectivity index (χ3v) is 3.46. The molecule has 0 radical (unpaired) electrons. The maximum absolute atomic E-state index is 5.19. The molecule has 2 N–H and O–H groups in total. The van der Waals surface area contributed by atoms with E-state index in [1.807, 2.05) is 6.07 Å². The summed E-state index contributed by atoms with van der Waals surface area (Å²) < 4.78 is 0. The molecule has 0 atom stereocenters. The topological polar surface area (TPSA) is 41.6 Å². The van der Waals surface area contributed by atoms with Crippen molar-refractivity contribution in [2.24, 2.45) is 10.9 Å². The lowest BCUT2D eigenvalue weighted by Crippen LogP contribution is -2.42. The molecule has 0 spiro atoms. The molecule has 0 aliphatic carbocycles. The third-order valence-electron chi connectivity index (χ3n) is 3.46. The molecule has 1 aromatic rings. The number of fused-ring (bicyclic) bond motifs is 1. The highest BCUT2D eigenvalue weighted by molar-refractivity contribution is 5.87. The van der Waals surface area contributed by atoms with E-state index in [9.17, 15) is 0 Å². The fourth-order valence-corrected chi connectivity index (χ4v) is 2.34. The van der Waals surface area contributed by atoms with Gasteiger partial charge in [-0.15, -0.1) is 0 Å². The van der Waals surface area contributed by atoms with Gasteiger partial charge in [-0.3, -0.25) is 0 Å². The van der Waals surface area contributed by atoms with Crippen molar-refractivity contribution in [2.45, 2.75) is 26.3 Å². The van der Waals surface area contributed by atoms with E-state index >= 15 is 0 Å². The first-order valence-corrected chi connectivity index (χ1v) is 5.76. The summed E-state index contributed by atoms with van der Waals surface area (Å²) in [7, 11) is 2.12. The Morgan fingerprint density at radius 1 is 1.35 bits per heavy atom. The number of nitrogens with two attached hydrogens (primary N) is 1. The van der Waals surface area contributed by atoms with Gasteiger partial charge in [0.2, 0.25) is 0 Å². The molecule has 3 heteroatoms. The van der Waals surface area contributed by atoms with Crippen molar-refractivity contribution < 1.29 is 0 Å². The summed E-state index contributed by atoms with van der Waals surface area (Å²) in [5, 5.41) is 3.57. The van der Waals surface area contributed by atoms with Gasteiger partial charge in [0.05, 0.1) is 11.8 Å². The van der Waals surface area contributed by atoms with Gasteiger partial charge in [0, 0.05) is 18.3 Å². The smallest absolute Gasteiger partial charge is 0.0538 e. The van der Waals surface area contributed by atoms with Crippen molar-refractivity contribution in [1.82, 2.24) is 0 Å². The largest absolute Gasteiger partial charge is 0.366 e. The van der Waals surface area contributed by atoms with Gasteiger partial charge < -0.3 is 10.7 Å². The molecule has 0 aromatic heterocycles. The molecule has 1 aliphatic rings. The minimum Gasteiger partial charge on any atom is -0.366 e. The van der Waals surface area contributed by atoms with E-state index in [1.54, 1.807) is 6.21 Å². The number of likely N-dealkylation sites (N-methyl/N-ethyl adjacent to an activating group) is 1. The predicted molar refractivity (Wildman–Crippen MR) is 74.4 cm³/mol. The first kappa shape index (κ1) is 11.7. The van der Waals surface area contributed by atoms with E-state index < -0.39 is 0 Å². The normalized spacial score (nSPS) is 18.1. The highest BCUT2D eigenvalue weighted by atomic mass is 15.2. The minimum absolute atomic E-state index is 0.0561. The second-order valence-electron chi connectivity index (χ2n) is 5.09. The molecule has 0 bridgehead atoms. The Morgan fingerprint density at radius 3 is 2.71 bits per heavy atom. The number of hydrogen-bond donors (Lipinski definition) is 1. The monoisotopic (exact) mass is 229 g/mol. The van der Waals surface area contributed by atoms with Crippen LogP contribution < -0.4 is 10.7 Å². The van der Waals surface area contributed by atoms with Crippen molar-refractivity contribution in [3.8, 4) is 0 Å². The number of allylic oxidation sites excluding steroid dienone is 1. The number of hydrogen-bond acceptors (Lipinski definition) is 3. The van der Waals surface area contributed by atoms with Crippen LogP contribution in [0.15, 0.2) is 29.4 Å². The zero-order valence-corrected chi connectivity index (χ0v) is 10.9. The fourth-order valence-electron chi connectivity index (χ4n) is 2.34. The predicted octanol–water partition coefficient (Wildman–Crippen LogP) is 2.61. The maximum atomic E-state index is 5.19. The number of rotatable bonds is 1. The van der Waals surface area contributed by atoms with Crippen LogP contribution in [0.3, 0.4) is 0 Å². The third kappa shape index (κ3) is 1.93. The van der Waals surface area contributed by atoms with E-state index in [0.29, 0.717) is 0 Å². The molecule has 0 saturated carbocycles. The van der Waals surface area contributed by atoms with Crippen molar-refractivity contribution in [2.75, 3.05) is 11.9 Å². The molecule has 2 rings (SSSR count). The first-order chi connectivity index (χ1) is 7.95. The Labute approximate surface area is 103 Å². The molecule has 1 aromatic carbocycles. The summed E-state index contributed by atoms with van der Waals surface area (Å²) in [6.45, 7) is 6.58. The van der Waals surface area contributed by atoms with Crippen LogP contribution in [0.1, 0.15) is 31.9 Å². The van der Waals surface area contributed by atoms with Gasteiger partial charge >= 0.3 is 0 Å². The lowest BCUT2D eigenvalue weighted by molar-refractivity contribution is 0.598. The van der Waals surface area contributed by atoms with Crippen LogP contribution in [0.4, 0.5) is 5.69 Å². The van der Waals surface area contributed by atoms with Gasteiger partial charge in [0.15, 0.2) is 0 Å². The number of hydrazone groups is 1. The Balaban J connectivity index is 2.57. The quantitative estimate of drug-likeness (QED) is 0.457. The molecular formula is C14H19N3. The van der Waals surface area contributed by atoms with Gasteiger partial charge in [-0.1, -0.05) is 12.1 Å². The van der Waals surface area contributed by atoms with Gasteiger partial charge in [-0.2, -0.15) is 5.10 Å². The van der Waals surface area contributed by atoms with Gasteiger partial charge in [-0.25, -0.2) is 0 Å². The number of anilines is 1. The summed E-state index contributed by atoms with van der Waals surface area (Å²) in [6, 6.07) is 6.30. The van der Waals surface area contributed by atoms with E-state index in [-0.39, 0.29) is 5.54 Å². The molecule has 0 saturated heterocycles. The van der Waals surface area contributed by atoms with Crippen molar-refractivity contribution >= 4 is 17.5 Å². The summed E-state index contributed by atoms with van der Waals surface area (Å²) in [5.41, 5.74) is 4.90. The van der Waals surface area contributed by atoms with Crippen molar-refractivity contribution in [1.29, 1.82) is 0 Å². The van der Waals surface area contributed by atoms with Crippen LogP contribution in [-0.4, -0.2) is 18.8 Å². The SMILES string of the molecule is CC1=CC(C)(C)N(C)c2ccc(C=NN)cc21. The average Bonchev–Trinajstić information content (AvgIpc) is 2.26. The van der Waals surface area contributed by atoms with Crippen molar-refractivity contribution in [3.63, 3.8) is 0 Å². The van der Waals surface area contributed by atoms with Gasteiger partial charge in [-0.05, 0) is 44.0 Å². The molecule has 0 unspecified atom stereocenters. The maximum Gasteiger partial charge on any atom is 0.0538 e. The summed E-state index contributed by atoms with van der Waals surface area (Å²) in [4.78, 5) is 2.29. The van der Waals surface area contributed by atoms with E-state index in [4.69, 9.17) is 5.84 Å². The Kier molecular flexibility index (Phi) is 2.69. The first-order valence-electron chi connectivity index (χ1n) is 5.76. The molecule has 0 fully saturated rings. The molecular weight excluding hydrogens is 210 g/mol. The molecule has 3 nitrogen and oxygen atoms in total. The van der Waals surface area contributed by atoms with Crippen LogP contribution in [-0.2, 0) is 0 Å². The molecule has 17 heavy (non-hydrogen) atoms. The molecule has 1 heterocycles. The molecule has 0 amide bonds. The summed E-state index contributed by atoms with van der Waals surface area (Å²) in [5.74, 6) is 5.19. The number of benzene rings is 1. The zero-order chi connectivity index (χ0) is 12.6. The van der Waals surface area contributed by atoms with Crippen molar-refractivity contribution in [3.05, 3.63) is 35.4 Å². The second-order valence-corrected chi connectivity index (χ2v) is 5.09. The lowest BCUT2D eigenvalue weighted by Gasteiger charge is -2.40. The summed E-state index contributed by atoms with van der Waals surface area (Å²) >= 11 is 0. The van der Waals surface area contributed by atoms with Gasteiger partial charge in [0.25, 0.3) is 0 Å². The molecule has 1 aliphatic heterocycles. The second kappa shape index (κ2) is 3.91. The Hall–Kier alpha value is -1.77. The van der Waals surface area contributed by atoms with E-state index in [1.165, 1.54) is 16.8 Å². The Morgan fingerprint density at radius 2 is 2.06 bits per heavy atom. The molecule has 90 valence electrons. The van der Waals surface area contributed by atoms with E-state index in [0.717, 1.165) is 5.56 Å². The Bertz CT molecular complexity index is 498. The lowest BCUT2D eigenvalue weighted by atomic mass is 9.89. The highest BCUT2D eigenvalue weighted by Crippen LogP contribution is 2.37. The van der Waals surface area contributed by atoms with Crippen LogP contribution in [0.2, 0.25) is 0 Å². The fraction of sp³-hybridized carbons (Fsp3) is 0.357. The van der Waals surface area contributed by atoms with Crippen LogP contribution in [0, 0.1) is 0 Å². The van der Waals surface area contributed by atoms with Crippen LogP contribution >= 0.6 is 0 Å². The van der Waals surface area contributed by atoms with Crippen LogP contribution in [0.5, 0.6) is 0 Å².